The minimum atomic E-state index is -0.219. The van der Waals surface area contributed by atoms with Crippen molar-refractivity contribution in [3.05, 3.63) is 75.6 Å². The van der Waals surface area contributed by atoms with Crippen LogP contribution in [0.15, 0.2) is 70.4 Å². The highest BCUT2D eigenvalue weighted by atomic mass is 35.5. The summed E-state index contributed by atoms with van der Waals surface area (Å²) >= 11 is 8.97. The van der Waals surface area contributed by atoms with Crippen LogP contribution in [-0.4, -0.2) is 30.8 Å². The summed E-state index contributed by atoms with van der Waals surface area (Å²) in [7, 11) is 0. The van der Waals surface area contributed by atoms with Crippen molar-refractivity contribution in [2.45, 2.75) is 11.7 Å². The van der Waals surface area contributed by atoms with E-state index in [9.17, 15) is 4.79 Å². The lowest BCUT2D eigenvalue weighted by Gasteiger charge is -2.05. The molecule has 0 saturated carbocycles. The number of aromatic nitrogens is 4. The zero-order valence-corrected chi connectivity index (χ0v) is 16.4. The van der Waals surface area contributed by atoms with Gasteiger partial charge in [-0.25, -0.2) is 0 Å². The van der Waals surface area contributed by atoms with Crippen molar-refractivity contribution >= 4 is 46.3 Å². The summed E-state index contributed by atoms with van der Waals surface area (Å²) in [6.45, 7) is 0.567. The van der Waals surface area contributed by atoms with E-state index in [0.29, 0.717) is 21.5 Å². The molecule has 3 heterocycles. The highest BCUT2D eigenvalue weighted by Crippen LogP contribution is 2.17. The normalized spacial score (nSPS) is 12.0. The lowest BCUT2D eigenvalue weighted by molar-refractivity contribution is -0.115. The van der Waals surface area contributed by atoms with Gasteiger partial charge in [0.2, 0.25) is 0 Å². The van der Waals surface area contributed by atoms with Gasteiger partial charge in [-0.15, -0.1) is 21.5 Å². The molecule has 0 fully saturated rings. The molecule has 136 valence electrons. The molecule has 0 unspecified atom stereocenters. The number of nitrogens with zero attached hydrogens (tertiary/aromatic N) is 5. The summed E-state index contributed by atoms with van der Waals surface area (Å²) in [5.74, 6) is -0.0253. The SMILES string of the molecule is O=C(CSc1nnc2ccccn12)N=c1sccn1Cc1ccccc1Cl. The van der Waals surface area contributed by atoms with Gasteiger partial charge in [-0.3, -0.25) is 9.20 Å². The van der Waals surface area contributed by atoms with Crippen LogP contribution in [0.4, 0.5) is 0 Å². The smallest absolute Gasteiger partial charge is 0.258 e. The predicted octanol–water partition coefficient (Wildman–Crippen LogP) is 3.51. The van der Waals surface area contributed by atoms with Crippen LogP contribution < -0.4 is 4.80 Å². The molecule has 0 radical (unpaired) electrons. The van der Waals surface area contributed by atoms with Crippen molar-refractivity contribution in [1.82, 2.24) is 19.2 Å². The third-order valence-electron chi connectivity index (χ3n) is 3.79. The Hall–Kier alpha value is -2.42. The maximum Gasteiger partial charge on any atom is 0.258 e. The van der Waals surface area contributed by atoms with Crippen LogP contribution in [0.5, 0.6) is 0 Å². The van der Waals surface area contributed by atoms with Crippen LogP contribution in [0, 0.1) is 0 Å². The summed E-state index contributed by atoms with van der Waals surface area (Å²) in [5.41, 5.74) is 1.73. The van der Waals surface area contributed by atoms with Crippen molar-refractivity contribution in [2.24, 2.45) is 4.99 Å². The van der Waals surface area contributed by atoms with E-state index in [4.69, 9.17) is 11.6 Å². The molecule has 4 rings (SSSR count). The second-order valence-electron chi connectivity index (χ2n) is 5.61. The minimum Gasteiger partial charge on any atom is -0.319 e. The van der Waals surface area contributed by atoms with E-state index in [1.807, 2.05) is 69.2 Å². The van der Waals surface area contributed by atoms with Gasteiger partial charge in [-0.1, -0.05) is 47.6 Å². The molecule has 0 atom stereocenters. The molecule has 0 N–H and O–H groups in total. The monoisotopic (exact) mass is 415 g/mol. The van der Waals surface area contributed by atoms with Crippen molar-refractivity contribution in [1.29, 1.82) is 0 Å². The molecule has 4 aromatic rings. The molecule has 0 saturated heterocycles. The summed E-state index contributed by atoms with van der Waals surface area (Å²) in [6.07, 6.45) is 3.77. The Morgan fingerprint density at radius 2 is 2.00 bits per heavy atom. The van der Waals surface area contributed by atoms with Crippen LogP contribution in [-0.2, 0) is 11.3 Å². The number of benzene rings is 1. The van der Waals surface area contributed by atoms with E-state index in [-0.39, 0.29) is 11.7 Å². The third kappa shape index (κ3) is 4.13. The van der Waals surface area contributed by atoms with Crippen LogP contribution in [0.2, 0.25) is 5.02 Å². The Labute approximate surface area is 168 Å². The van der Waals surface area contributed by atoms with Gasteiger partial charge in [-0.2, -0.15) is 4.99 Å². The first-order valence-electron chi connectivity index (χ1n) is 8.08. The number of amides is 1. The fourth-order valence-corrected chi connectivity index (χ4v) is 4.15. The van der Waals surface area contributed by atoms with Crippen LogP contribution >= 0.6 is 34.7 Å². The van der Waals surface area contributed by atoms with Gasteiger partial charge in [0.05, 0.1) is 12.3 Å². The number of carbonyl (C=O) groups excluding carboxylic acids is 1. The third-order valence-corrected chi connectivity index (χ3v) is 5.88. The van der Waals surface area contributed by atoms with Gasteiger partial charge >= 0.3 is 0 Å². The number of pyridine rings is 1. The van der Waals surface area contributed by atoms with Gasteiger partial charge < -0.3 is 4.57 Å². The Morgan fingerprint density at radius 3 is 2.89 bits per heavy atom. The summed E-state index contributed by atoms with van der Waals surface area (Å²) < 4.78 is 3.77. The topological polar surface area (TPSA) is 64.6 Å². The first-order chi connectivity index (χ1) is 13.2. The number of hydrogen-bond acceptors (Lipinski definition) is 5. The number of rotatable bonds is 5. The molecular weight excluding hydrogens is 402 g/mol. The number of thiazole rings is 1. The first-order valence-corrected chi connectivity index (χ1v) is 10.3. The summed E-state index contributed by atoms with van der Waals surface area (Å²) in [6, 6.07) is 13.3. The Morgan fingerprint density at radius 1 is 1.15 bits per heavy atom. The minimum absolute atomic E-state index is 0.194. The van der Waals surface area contributed by atoms with Crippen molar-refractivity contribution in [3.63, 3.8) is 0 Å². The van der Waals surface area contributed by atoms with E-state index in [2.05, 4.69) is 15.2 Å². The summed E-state index contributed by atoms with van der Waals surface area (Å²) in [4.78, 5) is 17.2. The molecule has 0 bridgehead atoms. The van der Waals surface area contributed by atoms with E-state index in [1.54, 1.807) is 0 Å². The van der Waals surface area contributed by atoms with E-state index >= 15 is 0 Å². The molecule has 0 aliphatic rings. The Kier molecular flexibility index (Phi) is 5.38. The van der Waals surface area contributed by atoms with E-state index < -0.39 is 0 Å². The summed E-state index contributed by atoms with van der Waals surface area (Å²) in [5, 5.41) is 11.5. The molecule has 3 aromatic heterocycles. The zero-order chi connectivity index (χ0) is 18.6. The van der Waals surface area contributed by atoms with Crippen LogP contribution in [0.3, 0.4) is 0 Å². The number of carbonyl (C=O) groups is 1. The van der Waals surface area contributed by atoms with Gasteiger partial charge in [0.15, 0.2) is 15.6 Å². The number of thioether (sulfide) groups is 1. The van der Waals surface area contributed by atoms with Crippen molar-refractivity contribution in [3.8, 4) is 0 Å². The molecular formula is C18H14ClN5OS2. The van der Waals surface area contributed by atoms with Crippen LogP contribution in [0.1, 0.15) is 5.56 Å². The van der Waals surface area contributed by atoms with Crippen molar-refractivity contribution < 1.29 is 4.79 Å². The van der Waals surface area contributed by atoms with Gasteiger partial charge in [-0.05, 0) is 23.8 Å². The number of fused-ring (bicyclic) bond motifs is 1. The Balaban J connectivity index is 1.48. The first kappa shape index (κ1) is 18.0. The maximum atomic E-state index is 12.3. The zero-order valence-electron chi connectivity index (χ0n) is 14.0. The highest BCUT2D eigenvalue weighted by Gasteiger charge is 2.09. The van der Waals surface area contributed by atoms with E-state index in [1.165, 1.54) is 23.1 Å². The highest BCUT2D eigenvalue weighted by molar-refractivity contribution is 7.99. The number of hydrogen-bond donors (Lipinski definition) is 0. The van der Waals surface area contributed by atoms with Crippen molar-refractivity contribution in [2.75, 3.05) is 5.75 Å². The molecule has 0 aliphatic carbocycles. The molecule has 1 aromatic carbocycles. The van der Waals surface area contributed by atoms with Crippen LogP contribution in [0.25, 0.3) is 5.65 Å². The second kappa shape index (κ2) is 8.08. The van der Waals surface area contributed by atoms with E-state index in [0.717, 1.165) is 11.2 Å². The molecule has 9 heteroatoms. The fraction of sp³-hybridized carbons (Fsp3) is 0.111. The molecule has 27 heavy (non-hydrogen) atoms. The van der Waals surface area contributed by atoms with Gasteiger partial charge in [0, 0.05) is 22.8 Å². The standard InChI is InChI=1S/C18H14ClN5OS2/c19-14-6-2-1-5-13(14)11-23-9-10-26-17(23)20-16(25)12-27-18-22-21-15-7-3-4-8-24(15)18/h1-10H,11-12H2. The quantitative estimate of drug-likeness (QED) is 0.468. The molecule has 0 spiro atoms. The predicted molar refractivity (Wildman–Crippen MR) is 107 cm³/mol. The largest absolute Gasteiger partial charge is 0.319 e. The van der Waals surface area contributed by atoms with Gasteiger partial charge in [0.1, 0.15) is 0 Å². The lowest BCUT2D eigenvalue weighted by Crippen LogP contribution is -2.17. The fourth-order valence-electron chi connectivity index (χ4n) is 2.50. The number of halogens is 1. The molecule has 6 nitrogen and oxygen atoms in total. The average molecular weight is 416 g/mol. The molecule has 0 aliphatic heterocycles. The molecule has 1 amide bonds. The van der Waals surface area contributed by atoms with Gasteiger partial charge in [0.25, 0.3) is 5.91 Å². The maximum absolute atomic E-state index is 12.3. The second-order valence-corrected chi connectivity index (χ2v) is 7.83. The lowest BCUT2D eigenvalue weighted by atomic mass is 10.2. The Bertz CT molecular complexity index is 1160. The average Bonchev–Trinajstić information content (AvgIpc) is 3.29.